The van der Waals surface area contributed by atoms with E-state index in [-0.39, 0.29) is 48.6 Å². The van der Waals surface area contributed by atoms with E-state index in [2.05, 4.69) is 11.8 Å². The van der Waals surface area contributed by atoms with E-state index >= 15 is 0 Å². The Morgan fingerprint density at radius 3 is 2.27 bits per heavy atom. The number of ether oxygens (including phenoxy) is 3. The SMILES string of the molecule is C[C@H]1[C@@H](CN2CCC[C@H]2C(=O)OC(C)(C)C)O[C@@H](c2cccc(N3C(=O)c4ccccc4C3=O)c2)O[C@H]1c1ccc(CO)cc1. The summed E-state index contributed by atoms with van der Waals surface area (Å²) in [5.74, 6) is -1.04. The van der Waals surface area contributed by atoms with Gasteiger partial charge in [0.15, 0.2) is 6.29 Å². The molecule has 9 nitrogen and oxygen atoms in total. The van der Waals surface area contributed by atoms with Gasteiger partial charge in [-0.2, -0.15) is 0 Å². The molecule has 236 valence electrons. The van der Waals surface area contributed by atoms with Gasteiger partial charge in [0.05, 0.1) is 35.6 Å². The summed E-state index contributed by atoms with van der Waals surface area (Å²) >= 11 is 0. The number of imide groups is 1. The average Bonchev–Trinajstić information content (AvgIpc) is 3.59. The van der Waals surface area contributed by atoms with Crippen LogP contribution in [0.1, 0.15) is 90.3 Å². The van der Waals surface area contributed by atoms with Crippen LogP contribution in [0.3, 0.4) is 0 Å². The van der Waals surface area contributed by atoms with Gasteiger partial charge in [-0.25, -0.2) is 4.90 Å². The van der Waals surface area contributed by atoms with Crippen LogP contribution in [0.2, 0.25) is 0 Å². The monoisotopic (exact) mass is 612 g/mol. The lowest BCUT2D eigenvalue weighted by atomic mass is 9.90. The smallest absolute Gasteiger partial charge is 0.323 e. The molecule has 3 aliphatic rings. The molecule has 9 heteroatoms. The fourth-order valence-corrected chi connectivity index (χ4v) is 6.47. The molecule has 3 heterocycles. The number of carbonyl (C=O) groups is 3. The lowest BCUT2D eigenvalue weighted by Crippen LogP contribution is -2.48. The van der Waals surface area contributed by atoms with Crippen LogP contribution in [0, 0.1) is 5.92 Å². The van der Waals surface area contributed by atoms with E-state index in [9.17, 15) is 19.5 Å². The molecule has 3 aromatic carbocycles. The van der Waals surface area contributed by atoms with Gasteiger partial charge in [-0.15, -0.1) is 0 Å². The van der Waals surface area contributed by atoms with Gasteiger partial charge in [0, 0.05) is 18.0 Å². The maximum atomic E-state index is 13.2. The van der Waals surface area contributed by atoms with Crippen molar-refractivity contribution in [3.63, 3.8) is 0 Å². The van der Waals surface area contributed by atoms with Gasteiger partial charge in [-0.1, -0.05) is 55.5 Å². The third-order valence-electron chi connectivity index (χ3n) is 8.78. The van der Waals surface area contributed by atoms with Gasteiger partial charge >= 0.3 is 5.97 Å². The highest BCUT2D eigenvalue weighted by molar-refractivity contribution is 6.34. The van der Waals surface area contributed by atoms with Crippen molar-refractivity contribution in [2.75, 3.05) is 18.0 Å². The molecule has 2 amide bonds. The van der Waals surface area contributed by atoms with Gasteiger partial charge in [0.2, 0.25) is 0 Å². The number of anilines is 1. The highest BCUT2D eigenvalue weighted by atomic mass is 16.7. The standard InChI is InChI=1S/C36H40N2O7/c1-22-30(20-37-18-8-13-29(37)34(42)45-36(2,3)4)43-35(44-31(22)24-16-14-23(21-39)15-17-24)25-9-7-10-26(19-25)38-32(40)27-11-5-6-12-28(27)33(38)41/h5-7,9-12,14-17,19,22,29-31,35,39H,8,13,18,20-21H2,1-4H3/t22-,29-,30+,31+,35+/m0/s1. The van der Waals surface area contributed by atoms with Crippen molar-refractivity contribution in [2.45, 2.75) is 77.3 Å². The number of aliphatic hydroxyl groups is 1. The molecule has 45 heavy (non-hydrogen) atoms. The van der Waals surface area contributed by atoms with E-state index in [1.54, 1.807) is 42.5 Å². The molecular formula is C36H40N2O7. The van der Waals surface area contributed by atoms with Crippen molar-refractivity contribution in [2.24, 2.45) is 5.92 Å². The highest BCUT2D eigenvalue weighted by Crippen LogP contribution is 2.43. The number of carbonyl (C=O) groups excluding carboxylic acids is 3. The topological polar surface area (TPSA) is 106 Å². The van der Waals surface area contributed by atoms with Crippen LogP contribution >= 0.6 is 0 Å². The minimum Gasteiger partial charge on any atom is -0.459 e. The molecule has 1 N–H and O–H groups in total. The molecular weight excluding hydrogens is 572 g/mol. The van der Waals surface area contributed by atoms with E-state index in [0.717, 1.165) is 30.5 Å². The number of amides is 2. The number of esters is 1. The fourth-order valence-electron chi connectivity index (χ4n) is 6.47. The molecule has 0 saturated carbocycles. The average molecular weight is 613 g/mol. The molecule has 0 aromatic heterocycles. The normalized spacial score (nSPS) is 25.4. The molecule has 5 atom stereocenters. The van der Waals surface area contributed by atoms with E-state index in [4.69, 9.17) is 14.2 Å². The van der Waals surface area contributed by atoms with E-state index < -0.39 is 11.9 Å². The Morgan fingerprint density at radius 2 is 1.62 bits per heavy atom. The summed E-state index contributed by atoms with van der Waals surface area (Å²) in [5, 5.41) is 9.59. The molecule has 6 rings (SSSR count). The summed E-state index contributed by atoms with van der Waals surface area (Å²) in [6, 6.07) is 21.3. The molecule has 0 spiro atoms. The van der Waals surface area contributed by atoms with Crippen LogP contribution < -0.4 is 4.90 Å². The number of hydrogen-bond donors (Lipinski definition) is 1. The second-order valence-corrected chi connectivity index (χ2v) is 13.1. The Morgan fingerprint density at radius 1 is 0.933 bits per heavy atom. The van der Waals surface area contributed by atoms with Crippen LogP contribution in [0.15, 0.2) is 72.8 Å². The lowest BCUT2D eigenvalue weighted by molar-refractivity contribution is -0.276. The Hall–Kier alpha value is -3.89. The Kier molecular flexibility index (Phi) is 8.63. The first-order valence-electron chi connectivity index (χ1n) is 15.6. The number of fused-ring (bicyclic) bond motifs is 1. The molecule has 0 radical (unpaired) electrons. The zero-order chi connectivity index (χ0) is 31.9. The van der Waals surface area contributed by atoms with E-state index in [1.807, 2.05) is 51.1 Å². The van der Waals surface area contributed by atoms with Gasteiger partial charge in [0.1, 0.15) is 11.6 Å². The van der Waals surface area contributed by atoms with Crippen LogP contribution in [-0.4, -0.2) is 58.6 Å². The van der Waals surface area contributed by atoms with Gasteiger partial charge < -0.3 is 19.3 Å². The number of nitrogens with zero attached hydrogens (tertiary/aromatic N) is 2. The Labute approximate surface area is 263 Å². The van der Waals surface area contributed by atoms with Crippen molar-refractivity contribution < 1.29 is 33.7 Å². The van der Waals surface area contributed by atoms with Gasteiger partial charge in [-0.05, 0) is 75.5 Å². The highest BCUT2D eigenvalue weighted by Gasteiger charge is 2.43. The third-order valence-corrected chi connectivity index (χ3v) is 8.78. The molecule has 0 unspecified atom stereocenters. The molecule has 0 bridgehead atoms. The first kappa shape index (κ1) is 31.1. The van der Waals surface area contributed by atoms with Crippen molar-refractivity contribution in [3.8, 4) is 0 Å². The number of hydrogen-bond acceptors (Lipinski definition) is 8. The summed E-state index contributed by atoms with van der Waals surface area (Å²) in [6.45, 7) is 8.92. The quantitative estimate of drug-likeness (QED) is 0.273. The third kappa shape index (κ3) is 6.31. The largest absolute Gasteiger partial charge is 0.459 e. The predicted octanol–water partition coefficient (Wildman–Crippen LogP) is 5.58. The molecule has 3 aliphatic heterocycles. The van der Waals surface area contributed by atoms with Crippen LogP contribution in [0.4, 0.5) is 5.69 Å². The first-order valence-corrected chi connectivity index (χ1v) is 15.6. The second-order valence-electron chi connectivity index (χ2n) is 13.1. The number of likely N-dealkylation sites (tertiary alicyclic amines) is 1. The maximum Gasteiger partial charge on any atom is 0.323 e. The van der Waals surface area contributed by atoms with Crippen LogP contribution in [-0.2, 0) is 25.6 Å². The second kappa shape index (κ2) is 12.5. The molecule has 0 aliphatic carbocycles. The Balaban J connectivity index is 1.29. The maximum absolute atomic E-state index is 13.2. The fraction of sp³-hybridized carbons (Fsp3) is 0.417. The summed E-state index contributed by atoms with van der Waals surface area (Å²) < 4.78 is 19.0. The van der Waals surface area contributed by atoms with Crippen LogP contribution in [0.5, 0.6) is 0 Å². The number of rotatable bonds is 7. The predicted molar refractivity (Wildman–Crippen MR) is 167 cm³/mol. The first-order chi connectivity index (χ1) is 21.5. The molecule has 2 saturated heterocycles. The summed E-state index contributed by atoms with van der Waals surface area (Å²) in [5.41, 5.74) is 3.04. The minimum atomic E-state index is -0.800. The van der Waals surface area contributed by atoms with Crippen molar-refractivity contribution in [1.82, 2.24) is 4.90 Å². The number of aliphatic hydroxyl groups excluding tert-OH is 1. The van der Waals surface area contributed by atoms with Crippen molar-refractivity contribution >= 4 is 23.5 Å². The van der Waals surface area contributed by atoms with Gasteiger partial charge in [0.25, 0.3) is 11.8 Å². The zero-order valence-corrected chi connectivity index (χ0v) is 26.1. The minimum absolute atomic E-state index is 0.0542. The van der Waals surface area contributed by atoms with Crippen LogP contribution in [0.25, 0.3) is 0 Å². The van der Waals surface area contributed by atoms with E-state index in [1.165, 1.54) is 4.90 Å². The van der Waals surface area contributed by atoms with E-state index in [0.29, 0.717) is 28.9 Å². The molecule has 3 aromatic rings. The summed E-state index contributed by atoms with van der Waals surface area (Å²) in [7, 11) is 0. The van der Waals surface area contributed by atoms with Crippen molar-refractivity contribution in [1.29, 1.82) is 0 Å². The lowest BCUT2D eigenvalue weighted by Gasteiger charge is -2.43. The Bertz CT molecular complexity index is 1550. The zero-order valence-electron chi connectivity index (χ0n) is 26.1. The van der Waals surface area contributed by atoms with Gasteiger partial charge in [-0.3, -0.25) is 19.3 Å². The van der Waals surface area contributed by atoms with Crippen molar-refractivity contribution in [3.05, 3.63) is 101 Å². The molecule has 2 fully saturated rings. The number of benzene rings is 3. The summed E-state index contributed by atoms with van der Waals surface area (Å²) in [6.07, 6.45) is 0.152. The summed E-state index contributed by atoms with van der Waals surface area (Å²) in [4.78, 5) is 42.9.